The Bertz CT molecular complexity index is 702. The maximum absolute atomic E-state index is 12.5. The molecule has 9 heteroatoms. The molecular formula is C12H21N5O2S2. The number of nitrogen functional groups attached to an aromatic ring is 1. The smallest absolute Gasteiger partial charge is 0.260 e. The van der Waals surface area contributed by atoms with Gasteiger partial charge in [-0.2, -0.15) is 0 Å². The largest absolute Gasteiger partial charge is 0.381 e. The van der Waals surface area contributed by atoms with Gasteiger partial charge >= 0.3 is 0 Å². The minimum Gasteiger partial charge on any atom is -0.381 e. The van der Waals surface area contributed by atoms with Crippen molar-refractivity contribution in [3.63, 3.8) is 0 Å². The average molecular weight is 331 g/mol. The Kier molecular flexibility index (Phi) is 4.87. The molecule has 3 N–H and O–H groups in total. The lowest BCUT2D eigenvalue weighted by Crippen LogP contribution is -2.42. The second-order valence-corrected chi connectivity index (χ2v) is 7.37. The molecule has 21 heavy (non-hydrogen) atoms. The third kappa shape index (κ3) is 3.37. The zero-order valence-electron chi connectivity index (χ0n) is 12.4. The number of rotatable bonds is 7. The van der Waals surface area contributed by atoms with Crippen LogP contribution in [0.25, 0.3) is 4.96 Å². The van der Waals surface area contributed by atoms with Gasteiger partial charge in [0, 0.05) is 24.2 Å². The van der Waals surface area contributed by atoms with E-state index in [1.807, 2.05) is 6.92 Å². The molecular weight excluding hydrogens is 310 g/mol. The number of fused-ring (bicyclic) bond motifs is 1. The quantitative estimate of drug-likeness (QED) is 0.789. The first-order chi connectivity index (χ1) is 9.89. The highest BCUT2D eigenvalue weighted by molar-refractivity contribution is 7.89. The van der Waals surface area contributed by atoms with E-state index < -0.39 is 10.0 Å². The van der Waals surface area contributed by atoms with E-state index in [1.54, 1.807) is 11.6 Å². The van der Waals surface area contributed by atoms with Crippen LogP contribution in [-0.2, 0) is 10.0 Å². The number of likely N-dealkylation sites (N-methyl/N-ethyl adjacent to an activating group) is 1. The predicted octanol–water partition coefficient (Wildman–Crippen LogP) is 0.987. The zero-order valence-corrected chi connectivity index (χ0v) is 14.0. The van der Waals surface area contributed by atoms with Crippen LogP contribution in [-0.4, -0.2) is 48.4 Å². The molecule has 2 rings (SSSR count). The summed E-state index contributed by atoms with van der Waals surface area (Å²) < 4.78 is 29.2. The van der Waals surface area contributed by atoms with Crippen LogP contribution in [0, 0.1) is 0 Å². The van der Waals surface area contributed by atoms with E-state index in [1.165, 1.54) is 15.7 Å². The van der Waals surface area contributed by atoms with Gasteiger partial charge in [0.15, 0.2) is 15.8 Å². The molecule has 0 aromatic carbocycles. The lowest BCUT2D eigenvalue weighted by Gasteiger charge is -2.23. The Morgan fingerprint density at radius 2 is 2.14 bits per heavy atom. The number of nitrogens with one attached hydrogen (secondary N) is 1. The van der Waals surface area contributed by atoms with Gasteiger partial charge in [-0.3, -0.25) is 4.40 Å². The molecule has 7 nitrogen and oxygen atoms in total. The summed E-state index contributed by atoms with van der Waals surface area (Å²) in [5.74, 6) is 0.0318. The van der Waals surface area contributed by atoms with E-state index >= 15 is 0 Å². The van der Waals surface area contributed by atoms with Gasteiger partial charge < -0.3 is 10.6 Å². The Hall–Kier alpha value is -1.16. The van der Waals surface area contributed by atoms with Gasteiger partial charge in [-0.25, -0.2) is 18.1 Å². The third-order valence-corrected chi connectivity index (χ3v) is 5.67. The topological polar surface area (TPSA) is 92.7 Å². The molecule has 0 bridgehead atoms. The highest BCUT2D eigenvalue weighted by Crippen LogP contribution is 2.23. The first-order valence-electron chi connectivity index (χ1n) is 6.84. The molecule has 0 amide bonds. The van der Waals surface area contributed by atoms with E-state index in [0.717, 1.165) is 13.1 Å². The Morgan fingerprint density at radius 1 is 1.48 bits per heavy atom. The standard InChI is InChI=1S/C12H21N5O2S2/c1-4-16(5-2)8-9(3)15-21(18,19)11-10(13)14-12-17(11)6-7-20-12/h6-7,9,15H,4-5,8,13H2,1-3H3. The van der Waals surface area contributed by atoms with E-state index in [4.69, 9.17) is 5.73 Å². The Morgan fingerprint density at radius 3 is 2.76 bits per heavy atom. The first kappa shape index (κ1) is 16.2. The summed E-state index contributed by atoms with van der Waals surface area (Å²) in [6, 6.07) is -0.210. The molecule has 1 unspecified atom stereocenters. The van der Waals surface area contributed by atoms with Gasteiger partial charge in [-0.1, -0.05) is 13.8 Å². The SMILES string of the molecule is CCN(CC)CC(C)NS(=O)(=O)c1c(N)nc2sccn12. The highest BCUT2D eigenvalue weighted by Gasteiger charge is 2.26. The maximum atomic E-state index is 12.5. The number of imidazole rings is 1. The van der Waals surface area contributed by atoms with Crippen LogP contribution >= 0.6 is 11.3 Å². The second-order valence-electron chi connectivity index (χ2n) is 4.87. The molecule has 2 aromatic heterocycles. The summed E-state index contributed by atoms with van der Waals surface area (Å²) in [5, 5.41) is 1.80. The maximum Gasteiger partial charge on any atom is 0.260 e. The van der Waals surface area contributed by atoms with Crippen molar-refractivity contribution in [3.8, 4) is 0 Å². The lowest BCUT2D eigenvalue weighted by molar-refractivity contribution is 0.282. The van der Waals surface area contributed by atoms with Crippen LogP contribution < -0.4 is 10.5 Å². The summed E-state index contributed by atoms with van der Waals surface area (Å²) in [6.45, 7) is 8.36. The van der Waals surface area contributed by atoms with E-state index in [0.29, 0.717) is 11.5 Å². The van der Waals surface area contributed by atoms with Crippen molar-refractivity contribution in [1.82, 2.24) is 19.0 Å². The minimum atomic E-state index is -3.70. The van der Waals surface area contributed by atoms with Crippen LogP contribution in [0.1, 0.15) is 20.8 Å². The van der Waals surface area contributed by atoms with Crippen molar-refractivity contribution >= 4 is 32.1 Å². The van der Waals surface area contributed by atoms with Crippen LogP contribution in [0.5, 0.6) is 0 Å². The van der Waals surface area contributed by atoms with Gasteiger partial charge in [0.2, 0.25) is 0 Å². The van der Waals surface area contributed by atoms with E-state index in [-0.39, 0.29) is 16.9 Å². The van der Waals surface area contributed by atoms with Crippen LogP contribution in [0.3, 0.4) is 0 Å². The molecule has 0 saturated heterocycles. The molecule has 0 spiro atoms. The number of thiazole rings is 1. The summed E-state index contributed by atoms with van der Waals surface area (Å²) >= 11 is 1.35. The summed E-state index contributed by atoms with van der Waals surface area (Å²) in [7, 11) is -3.70. The van der Waals surface area contributed by atoms with Gasteiger partial charge in [0.25, 0.3) is 10.0 Å². The molecule has 1 atom stereocenters. The van der Waals surface area contributed by atoms with Gasteiger partial charge in [0.05, 0.1) is 0 Å². The number of sulfonamides is 1. The molecule has 0 aliphatic heterocycles. The van der Waals surface area contributed by atoms with Crippen molar-refractivity contribution in [2.75, 3.05) is 25.4 Å². The fourth-order valence-electron chi connectivity index (χ4n) is 2.28. The van der Waals surface area contributed by atoms with Crippen LogP contribution in [0.2, 0.25) is 0 Å². The van der Waals surface area contributed by atoms with Crippen molar-refractivity contribution in [1.29, 1.82) is 0 Å². The Balaban J connectivity index is 2.22. The number of aromatic nitrogens is 2. The van der Waals surface area contributed by atoms with Crippen LogP contribution in [0.15, 0.2) is 16.6 Å². The normalized spacial score (nSPS) is 14.1. The Labute approximate surface area is 128 Å². The number of hydrogen-bond acceptors (Lipinski definition) is 6. The monoisotopic (exact) mass is 331 g/mol. The number of nitrogens with zero attached hydrogens (tertiary/aromatic N) is 3. The third-order valence-electron chi connectivity index (χ3n) is 3.28. The van der Waals surface area contributed by atoms with E-state index in [9.17, 15) is 8.42 Å². The van der Waals surface area contributed by atoms with Crippen molar-refractivity contribution in [2.45, 2.75) is 31.8 Å². The fourth-order valence-corrected chi connectivity index (χ4v) is 4.50. The molecule has 0 fully saturated rings. The summed E-state index contributed by atoms with van der Waals surface area (Å²) in [4.78, 5) is 6.80. The van der Waals surface area contributed by atoms with Crippen molar-refractivity contribution in [2.24, 2.45) is 0 Å². The molecule has 0 saturated carbocycles. The molecule has 0 aliphatic carbocycles. The minimum absolute atomic E-state index is 0.0187. The molecule has 0 aliphatic rings. The van der Waals surface area contributed by atoms with Gasteiger partial charge in [-0.05, 0) is 20.0 Å². The predicted molar refractivity (Wildman–Crippen MR) is 85.1 cm³/mol. The van der Waals surface area contributed by atoms with Crippen molar-refractivity contribution in [3.05, 3.63) is 11.6 Å². The van der Waals surface area contributed by atoms with Gasteiger partial charge in [0.1, 0.15) is 0 Å². The highest BCUT2D eigenvalue weighted by atomic mass is 32.2. The zero-order chi connectivity index (χ0) is 15.6. The van der Waals surface area contributed by atoms with E-state index in [2.05, 4.69) is 28.5 Å². The number of nitrogens with two attached hydrogens (primary N) is 1. The number of anilines is 1. The van der Waals surface area contributed by atoms with Crippen molar-refractivity contribution < 1.29 is 8.42 Å². The molecule has 0 radical (unpaired) electrons. The van der Waals surface area contributed by atoms with Gasteiger partial charge in [-0.15, -0.1) is 11.3 Å². The second kappa shape index (κ2) is 6.30. The lowest BCUT2D eigenvalue weighted by atomic mass is 10.3. The summed E-state index contributed by atoms with van der Waals surface area (Å²) in [6.07, 6.45) is 1.66. The first-order valence-corrected chi connectivity index (χ1v) is 9.21. The molecule has 2 aromatic rings. The fraction of sp³-hybridized carbons (Fsp3) is 0.583. The molecule has 2 heterocycles. The number of hydrogen-bond donors (Lipinski definition) is 2. The average Bonchev–Trinajstić information content (AvgIpc) is 2.94. The summed E-state index contributed by atoms with van der Waals surface area (Å²) in [5.41, 5.74) is 5.76. The van der Waals surface area contributed by atoms with Crippen LogP contribution in [0.4, 0.5) is 5.82 Å². The molecule has 118 valence electrons.